The maximum atomic E-state index is 13.9. The zero-order chi connectivity index (χ0) is 22.2. The maximum absolute atomic E-state index is 13.9. The van der Waals surface area contributed by atoms with Gasteiger partial charge in [0.25, 0.3) is 5.91 Å². The van der Waals surface area contributed by atoms with Crippen LogP contribution in [-0.4, -0.2) is 25.5 Å². The second kappa shape index (κ2) is 10.4. The van der Waals surface area contributed by atoms with Crippen molar-refractivity contribution in [2.24, 2.45) is 0 Å². The van der Waals surface area contributed by atoms with Crippen molar-refractivity contribution < 1.29 is 23.1 Å². The first-order chi connectivity index (χ1) is 15.0. The largest absolute Gasteiger partial charge is 0.494 e. The summed E-state index contributed by atoms with van der Waals surface area (Å²) in [6.07, 6.45) is 1.53. The van der Waals surface area contributed by atoms with Crippen LogP contribution in [0, 0.1) is 5.82 Å². The fourth-order valence-corrected chi connectivity index (χ4v) is 2.98. The molecule has 0 aliphatic heterocycles. The molecule has 31 heavy (non-hydrogen) atoms. The van der Waals surface area contributed by atoms with Crippen molar-refractivity contribution in [3.63, 3.8) is 0 Å². The molecule has 3 N–H and O–H groups in total. The Kier molecular flexibility index (Phi) is 7.40. The molecular formula is C23H24FN3O4. The quantitative estimate of drug-likeness (QED) is 0.487. The number of anilines is 1. The molecule has 0 radical (unpaired) electrons. The second-order valence-corrected chi connectivity index (χ2v) is 6.85. The standard InChI is InChI=1S/C23H24FN3O4/c1-15(16-9-10-21(30-2)19(24)12-16)25-14-22(28)27-20-8-4-3-7-18(20)23(29)26-13-17-6-5-11-31-17/h3-12,15,25H,13-14H2,1-2H3,(H,26,29)(H,27,28). The fourth-order valence-electron chi connectivity index (χ4n) is 2.98. The van der Waals surface area contributed by atoms with Gasteiger partial charge in [0.05, 0.1) is 37.7 Å². The van der Waals surface area contributed by atoms with Crippen LogP contribution >= 0.6 is 0 Å². The molecule has 162 valence electrons. The smallest absolute Gasteiger partial charge is 0.253 e. The van der Waals surface area contributed by atoms with E-state index in [-0.39, 0.29) is 36.7 Å². The van der Waals surface area contributed by atoms with Crippen LogP contribution in [0.25, 0.3) is 0 Å². The summed E-state index contributed by atoms with van der Waals surface area (Å²) in [7, 11) is 1.40. The Labute approximate surface area is 179 Å². The molecule has 2 aromatic carbocycles. The number of methoxy groups -OCH3 is 1. The molecule has 0 saturated heterocycles. The number of benzene rings is 2. The molecule has 7 nitrogen and oxygen atoms in total. The number of carbonyl (C=O) groups excluding carboxylic acids is 2. The molecule has 1 heterocycles. The maximum Gasteiger partial charge on any atom is 0.253 e. The third-order valence-corrected chi connectivity index (χ3v) is 4.69. The number of hydrogen-bond acceptors (Lipinski definition) is 5. The monoisotopic (exact) mass is 425 g/mol. The molecule has 1 atom stereocenters. The normalized spacial score (nSPS) is 11.6. The van der Waals surface area contributed by atoms with Gasteiger partial charge in [-0.2, -0.15) is 0 Å². The van der Waals surface area contributed by atoms with Crippen molar-refractivity contribution in [2.75, 3.05) is 19.0 Å². The van der Waals surface area contributed by atoms with Crippen molar-refractivity contribution in [1.29, 1.82) is 0 Å². The molecule has 2 amide bonds. The molecule has 0 aliphatic carbocycles. The van der Waals surface area contributed by atoms with Crippen molar-refractivity contribution in [2.45, 2.75) is 19.5 Å². The Bertz CT molecular complexity index is 1040. The zero-order valence-electron chi connectivity index (χ0n) is 17.3. The Morgan fingerprint density at radius 2 is 1.94 bits per heavy atom. The minimum absolute atomic E-state index is 0.0167. The van der Waals surface area contributed by atoms with Gasteiger partial charge in [-0.05, 0) is 48.9 Å². The lowest BCUT2D eigenvalue weighted by Crippen LogP contribution is -2.31. The number of nitrogens with one attached hydrogen (secondary N) is 3. The number of furan rings is 1. The predicted octanol–water partition coefficient (Wildman–Crippen LogP) is 3.65. The molecule has 1 aromatic heterocycles. The van der Waals surface area contributed by atoms with Gasteiger partial charge in [0.2, 0.25) is 5.91 Å². The van der Waals surface area contributed by atoms with E-state index in [2.05, 4.69) is 16.0 Å². The lowest BCUT2D eigenvalue weighted by Gasteiger charge is -2.16. The van der Waals surface area contributed by atoms with Crippen LogP contribution in [0.5, 0.6) is 5.75 Å². The fraction of sp³-hybridized carbons (Fsp3) is 0.217. The Morgan fingerprint density at radius 1 is 1.13 bits per heavy atom. The Hall–Kier alpha value is -3.65. The van der Waals surface area contributed by atoms with Crippen molar-refractivity contribution in [3.05, 3.63) is 83.6 Å². The lowest BCUT2D eigenvalue weighted by atomic mass is 10.1. The zero-order valence-corrected chi connectivity index (χ0v) is 17.3. The van der Waals surface area contributed by atoms with Crippen LogP contribution in [0.3, 0.4) is 0 Å². The van der Waals surface area contributed by atoms with Crippen molar-refractivity contribution in [1.82, 2.24) is 10.6 Å². The van der Waals surface area contributed by atoms with Gasteiger partial charge in [0, 0.05) is 6.04 Å². The van der Waals surface area contributed by atoms with Crippen LogP contribution in [0.2, 0.25) is 0 Å². The first-order valence-corrected chi connectivity index (χ1v) is 9.74. The van der Waals surface area contributed by atoms with E-state index in [9.17, 15) is 14.0 Å². The van der Waals surface area contributed by atoms with E-state index in [1.807, 2.05) is 6.92 Å². The van der Waals surface area contributed by atoms with E-state index in [4.69, 9.17) is 9.15 Å². The number of hydrogen-bond donors (Lipinski definition) is 3. The number of amides is 2. The van der Waals surface area contributed by atoms with Gasteiger partial charge >= 0.3 is 0 Å². The van der Waals surface area contributed by atoms with Gasteiger partial charge in [-0.3, -0.25) is 9.59 Å². The first kappa shape index (κ1) is 22.0. The molecule has 0 aliphatic rings. The summed E-state index contributed by atoms with van der Waals surface area (Å²) in [6, 6.07) is 14.6. The summed E-state index contributed by atoms with van der Waals surface area (Å²) in [5.41, 5.74) is 1.42. The third kappa shape index (κ3) is 5.93. The highest BCUT2D eigenvalue weighted by Gasteiger charge is 2.15. The van der Waals surface area contributed by atoms with Gasteiger partial charge in [0.15, 0.2) is 11.6 Å². The highest BCUT2D eigenvalue weighted by Crippen LogP contribution is 2.21. The molecular weight excluding hydrogens is 401 g/mol. The molecule has 3 aromatic rings. The van der Waals surface area contributed by atoms with Crippen LogP contribution in [0.1, 0.15) is 34.6 Å². The van der Waals surface area contributed by atoms with Gasteiger partial charge in [0.1, 0.15) is 5.76 Å². The van der Waals surface area contributed by atoms with Crippen LogP contribution < -0.4 is 20.7 Å². The van der Waals surface area contributed by atoms with Crippen molar-refractivity contribution in [3.8, 4) is 5.75 Å². The SMILES string of the molecule is COc1ccc(C(C)NCC(=O)Nc2ccccc2C(=O)NCc2ccco2)cc1F. The summed E-state index contributed by atoms with van der Waals surface area (Å²) in [5.74, 6) is -0.333. The minimum Gasteiger partial charge on any atom is -0.494 e. The van der Waals surface area contributed by atoms with Gasteiger partial charge in [-0.15, -0.1) is 0 Å². The van der Waals surface area contributed by atoms with Crippen molar-refractivity contribution >= 4 is 17.5 Å². The molecule has 8 heteroatoms. The number of halogens is 1. The molecule has 0 saturated carbocycles. The van der Waals surface area contributed by atoms with E-state index < -0.39 is 5.82 Å². The van der Waals surface area contributed by atoms with E-state index in [1.54, 1.807) is 48.5 Å². The topological polar surface area (TPSA) is 92.6 Å². The summed E-state index contributed by atoms with van der Waals surface area (Å²) >= 11 is 0. The summed E-state index contributed by atoms with van der Waals surface area (Å²) in [4.78, 5) is 24.9. The first-order valence-electron chi connectivity index (χ1n) is 9.74. The van der Waals surface area contributed by atoms with E-state index in [1.165, 1.54) is 19.4 Å². The van der Waals surface area contributed by atoms with E-state index >= 15 is 0 Å². The Balaban J connectivity index is 1.56. The number of para-hydroxylation sites is 1. The van der Waals surface area contributed by atoms with Gasteiger partial charge in [-0.1, -0.05) is 18.2 Å². The Morgan fingerprint density at radius 3 is 2.65 bits per heavy atom. The summed E-state index contributed by atoms with van der Waals surface area (Å²) < 4.78 is 24.0. The molecule has 0 fully saturated rings. The summed E-state index contributed by atoms with van der Waals surface area (Å²) in [6.45, 7) is 2.05. The van der Waals surface area contributed by atoms with Gasteiger partial charge < -0.3 is 25.1 Å². The molecule has 0 bridgehead atoms. The molecule has 3 rings (SSSR count). The van der Waals surface area contributed by atoms with Gasteiger partial charge in [-0.25, -0.2) is 4.39 Å². The average Bonchev–Trinajstić information content (AvgIpc) is 3.30. The number of ether oxygens (including phenoxy) is 1. The summed E-state index contributed by atoms with van der Waals surface area (Å²) in [5, 5.41) is 8.54. The van der Waals surface area contributed by atoms with Crippen LogP contribution in [-0.2, 0) is 11.3 Å². The number of carbonyl (C=O) groups is 2. The van der Waals surface area contributed by atoms with E-state index in [0.717, 1.165) is 0 Å². The van der Waals surface area contributed by atoms with E-state index in [0.29, 0.717) is 22.6 Å². The molecule has 1 unspecified atom stereocenters. The number of rotatable bonds is 9. The highest BCUT2D eigenvalue weighted by molar-refractivity contribution is 6.04. The second-order valence-electron chi connectivity index (χ2n) is 6.85. The van der Waals surface area contributed by atoms with Crippen LogP contribution in [0.15, 0.2) is 65.3 Å². The lowest BCUT2D eigenvalue weighted by molar-refractivity contribution is -0.115. The highest BCUT2D eigenvalue weighted by atomic mass is 19.1. The predicted molar refractivity (Wildman–Crippen MR) is 114 cm³/mol. The molecule has 0 spiro atoms. The van der Waals surface area contributed by atoms with Crippen LogP contribution in [0.4, 0.5) is 10.1 Å². The third-order valence-electron chi connectivity index (χ3n) is 4.69. The average molecular weight is 425 g/mol. The minimum atomic E-state index is -0.465.